The van der Waals surface area contributed by atoms with Crippen molar-refractivity contribution in [1.29, 1.82) is 0 Å². The third-order valence-electron chi connectivity index (χ3n) is 1.57. The molecule has 1 aromatic rings. The fourth-order valence-corrected chi connectivity index (χ4v) is 1.46. The van der Waals surface area contributed by atoms with Gasteiger partial charge in [0.25, 0.3) is 5.91 Å². The number of hydrogen-bond donors (Lipinski definition) is 0. The van der Waals surface area contributed by atoms with Gasteiger partial charge in [-0.1, -0.05) is 0 Å². The first-order chi connectivity index (χ1) is 5.27. The van der Waals surface area contributed by atoms with Gasteiger partial charge in [0.05, 0.1) is 5.01 Å². The van der Waals surface area contributed by atoms with Crippen LogP contribution in [-0.2, 0) is 0 Å². The van der Waals surface area contributed by atoms with Crippen LogP contribution in [0.1, 0.15) is 15.5 Å². The highest BCUT2D eigenvalue weighted by molar-refractivity contribution is 7.09. The molecule has 3 nitrogen and oxygen atoms in total. The van der Waals surface area contributed by atoms with Crippen LogP contribution in [0, 0.1) is 6.92 Å². The maximum absolute atomic E-state index is 11.3. The van der Waals surface area contributed by atoms with Crippen LogP contribution in [0.3, 0.4) is 0 Å². The van der Waals surface area contributed by atoms with Gasteiger partial charge in [-0.15, -0.1) is 11.3 Å². The van der Waals surface area contributed by atoms with Crippen LogP contribution in [0.25, 0.3) is 0 Å². The Morgan fingerprint density at radius 3 is 2.91 bits per heavy atom. The smallest absolute Gasteiger partial charge is 0.273 e. The highest BCUT2D eigenvalue weighted by Crippen LogP contribution is 2.14. The summed E-state index contributed by atoms with van der Waals surface area (Å²) < 4.78 is 0. The first kappa shape index (κ1) is 6.79. The van der Waals surface area contributed by atoms with Gasteiger partial charge in [0, 0.05) is 18.5 Å². The molecule has 0 N–H and O–H groups in total. The van der Waals surface area contributed by atoms with Crippen LogP contribution in [-0.4, -0.2) is 28.9 Å². The molecule has 1 saturated heterocycles. The third kappa shape index (κ3) is 1.26. The number of carbonyl (C=O) groups is 1. The Bertz CT molecular complexity index is 290. The molecule has 58 valence electrons. The molecule has 0 bridgehead atoms. The van der Waals surface area contributed by atoms with E-state index in [-0.39, 0.29) is 5.91 Å². The molecule has 0 saturated carbocycles. The van der Waals surface area contributed by atoms with Gasteiger partial charge in [-0.25, -0.2) is 4.98 Å². The second-order valence-electron chi connectivity index (χ2n) is 2.54. The Morgan fingerprint density at radius 2 is 2.45 bits per heavy atom. The fourth-order valence-electron chi connectivity index (χ4n) is 0.877. The second-order valence-corrected chi connectivity index (χ2v) is 3.61. The summed E-state index contributed by atoms with van der Waals surface area (Å²) in [4.78, 5) is 17.2. The summed E-state index contributed by atoms with van der Waals surface area (Å²) in [5.41, 5.74) is 0.602. The van der Waals surface area contributed by atoms with Gasteiger partial charge in [0.15, 0.2) is 0 Å². The second kappa shape index (κ2) is 2.30. The minimum absolute atomic E-state index is 0.0781. The zero-order valence-corrected chi connectivity index (χ0v) is 7.02. The topological polar surface area (TPSA) is 33.0 Å². The number of thiazole rings is 1. The van der Waals surface area contributed by atoms with E-state index in [4.69, 9.17) is 0 Å². The van der Waals surface area contributed by atoms with Crippen molar-refractivity contribution in [2.24, 2.45) is 0 Å². The molecule has 0 unspecified atom stereocenters. The zero-order chi connectivity index (χ0) is 7.84. The molecule has 4 heteroatoms. The van der Waals surface area contributed by atoms with E-state index in [1.807, 2.05) is 12.3 Å². The van der Waals surface area contributed by atoms with Crippen molar-refractivity contribution in [2.45, 2.75) is 6.92 Å². The molecular weight excluding hydrogens is 160 g/mol. The quantitative estimate of drug-likeness (QED) is 0.584. The lowest BCUT2D eigenvalue weighted by Crippen LogP contribution is -2.10. The van der Waals surface area contributed by atoms with E-state index in [0.717, 1.165) is 18.1 Å². The van der Waals surface area contributed by atoms with E-state index in [9.17, 15) is 4.79 Å². The van der Waals surface area contributed by atoms with Crippen molar-refractivity contribution in [3.05, 3.63) is 16.1 Å². The van der Waals surface area contributed by atoms with E-state index < -0.39 is 0 Å². The van der Waals surface area contributed by atoms with Crippen LogP contribution in [0.15, 0.2) is 5.38 Å². The van der Waals surface area contributed by atoms with Gasteiger partial charge in [-0.05, 0) is 6.92 Å². The van der Waals surface area contributed by atoms with Crippen LogP contribution in [0.5, 0.6) is 0 Å². The molecule has 1 aliphatic heterocycles. The van der Waals surface area contributed by atoms with E-state index in [2.05, 4.69) is 4.98 Å². The fraction of sp³-hybridized carbons (Fsp3) is 0.429. The molecule has 1 amide bonds. The van der Waals surface area contributed by atoms with E-state index in [1.165, 1.54) is 11.3 Å². The minimum atomic E-state index is 0.0781. The van der Waals surface area contributed by atoms with Crippen LogP contribution in [0.2, 0.25) is 0 Å². The highest BCUT2D eigenvalue weighted by Gasteiger charge is 2.26. The van der Waals surface area contributed by atoms with E-state index >= 15 is 0 Å². The largest absolute Gasteiger partial charge is 0.334 e. The van der Waals surface area contributed by atoms with E-state index in [1.54, 1.807) is 4.90 Å². The van der Waals surface area contributed by atoms with Crippen LogP contribution >= 0.6 is 11.3 Å². The van der Waals surface area contributed by atoms with Crippen molar-refractivity contribution in [2.75, 3.05) is 13.1 Å². The van der Waals surface area contributed by atoms with Gasteiger partial charge in [-0.3, -0.25) is 4.79 Å². The Labute approximate surface area is 68.7 Å². The van der Waals surface area contributed by atoms with E-state index in [0.29, 0.717) is 5.69 Å². The van der Waals surface area contributed by atoms with Crippen LogP contribution < -0.4 is 0 Å². The summed E-state index contributed by atoms with van der Waals surface area (Å²) >= 11 is 1.52. The van der Waals surface area contributed by atoms with Crippen molar-refractivity contribution >= 4 is 17.2 Å². The first-order valence-electron chi connectivity index (χ1n) is 3.49. The summed E-state index contributed by atoms with van der Waals surface area (Å²) in [7, 11) is 0. The minimum Gasteiger partial charge on any atom is -0.334 e. The molecular formula is C7H8N2OS. The molecule has 0 aromatic carbocycles. The molecule has 1 aromatic heterocycles. The molecule has 0 aliphatic carbocycles. The highest BCUT2D eigenvalue weighted by atomic mass is 32.1. The molecule has 2 rings (SSSR count). The predicted molar refractivity (Wildman–Crippen MR) is 42.8 cm³/mol. The Balaban J connectivity index is 2.21. The summed E-state index contributed by atoms with van der Waals surface area (Å²) in [5, 5.41) is 2.77. The molecule has 0 spiro atoms. The SMILES string of the molecule is Cc1nc(C(=O)N2CC2)cs1. The Kier molecular flexibility index (Phi) is 1.42. The molecule has 1 fully saturated rings. The Morgan fingerprint density at radius 1 is 1.73 bits per heavy atom. The average Bonchev–Trinajstić information content (AvgIpc) is 2.74. The Hall–Kier alpha value is -0.900. The van der Waals surface area contributed by atoms with Gasteiger partial charge in [-0.2, -0.15) is 0 Å². The first-order valence-corrected chi connectivity index (χ1v) is 4.37. The predicted octanol–water partition coefficient (Wildman–Crippen LogP) is 0.907. The van der Waals surface area contributed by atoms with Crippen molar-refractivity contribution in [3.8, 4) is 0 Å². The average molecular weight is 168 g/mol. The number of amides is 1. The van der Waals surface area contributed by atoms with Gasteiger partial charge >= 0.3 is 0 Å². The lowest BCUT2D eigenvalue weighted by Gasteiger charge is -1.93. The van der Waals surface area contributed by atoms with Gasteiger partial charge in [0.1, 0.15) is 5.69 Å². The lowest BCUT2D eigenvalue weighted by atomic mass is 10.4. The monoisotopic (exact) mass is 168 g/mol. The van der Waals surface area contributed by atoms with Crippen molar-refractivity contribution < 1.29 is 4.79 Å². The van der Waals surface area contributed by atoms with Gasteiger partial charge in [0.2, 0.25) is 0 Å². The maximum Gasteiger partial charge on any atom is 0.273 e. The van der Waals surface area contributed by atoms with Gasteiger partial charge < -0.3 is 4.90 Å². The number of aromatic nitrogens is 1. The normalized spacial score (nSPS) is 15.2. The van der Waals surface area contributed by atoms with Crippen LogP contribution in [0.4, 0.5) is 0 Å². The zero-order valence-electron chi connectivity index (χ0n) is 6.20. The third-order valence-corrected chi connectivity index (χ3v) is 2.35. The molecule has 11 heavy (non-hydrogen) atoms. The standard InChI is InChI=1S/C7H8N2OS/c1-5-8-6(4-11-5)7(10)9-2-3-9/h4H,2-3H2,1H3. The number of rotatable bonds is 1. The maximum atomic E-state index is 11.3. The molecule has 0 radical (unpaired) electrons. The van der Waals surface area contributed by atoms with Crippen molar-refractivity contribution in [3.63, 3.8) is 0 Å². The number of hydrogen-bond acceptors (Lipinski definition) is 3. The molecule has 2 heterocycles. The van der Waals surface area contributed by atoms with Crippen molar-refractivity contribution in [1.82, 2.24) is 9.88 Å². The number of aryl methyl sites for hydroxylation is 1. The molecule has 1 aliphatic rings. The summed E-state index contributed by atoms with van der Waals surface area (Å²) in [6, 6.07) is 0. The number of nitrogens with zero attached hydrogens (tertiary/aromatic N) is 2. The lowest BCUT2D eigenvalue weighted by molar-refractivity contribution is 0.0881. The summed E-state index contributed by atoms with van der Waals surface area (Å²) in [5.74, 6) is 0.0781. The molecule has 0 atom stereocenters. The number of carbonyl (C=O) groups excluding carboxylic acids is 1. The summed E-state index contributed by atoms with van der Waals surface area (Å²) in [6.45, 7) is 3.70. The summed E-state index contributed by atoms with van der Waals surface area (Å²) in [6.07, 6.45) is 0.